The van der Waals surface area contributed by atoms with Crippen LogP contribution in [0.15, 0.2) is 12.7 Å². The third-order valence-corrected chi connectivity index (χ3v) is 15.0. The Morgan fingerprint density at radius 3 is 2.10 bits per heavy atom. The number of carbonyl (C=O) groups excluding carboxylic acids is 5. The molecule has 4 aliphatic rings. The summed E-state index contributed by atoms with van der Waals surface area (Å²) in [4.78, 5) is 70.0. The number of piperidine rings is 1. The summed E-state index contributed by atoms with van der Waals surface area (Å²) in [5.41, 5.74) is -1.72. The van der Waals surface area contributed by atoms with Crippen molar-refractivity contribution in [2.75, 3.05) is 18.8 Å². The first-order chi connectivity index (χ1) is 23.2. The van der Waals surface area contributed by atoms with Crippen molar-refractivity contribution in [2.24, 2.45) is 22.7 Å². The van der Waals surface area contributed by atoms with Crippen molar-refractivity contribution in [3.8, 4) is 0 Å². The zero-order chi connectivity index (χ0) is 37.3. The number of sulfone groups is 1. The van der Waals surface area contributed by atoms with E-state index in [9.17, 15) is 32.4 Å². The van der Waals surface area contributed by atoms with Crippen molar-refractivity contribution >= 4 is 39.4 Å². The van der Waals surface area contributed by atoms with E-state index in [0.717, 1.165) is 32.1 Å². The quantitative estimate of drug-likeness (QED) is 0.156. The van der Waals surface area contributed by atoms with Gasteiger partial charge in [0, 0.05) is 13.1 Å². The van der Waals surface area contributed by atoms with E-state index in [1.165, 1.54) is 6.08 Å². The molecule has 5 amide bonds. The maximum atomic E-state index is 14.7. The first kappa shape index (κ1) is 39.8. The van der Waals surface area contributed by atoms with Crippen molar-refractivity contribution < 1.29 is 32.4 Å². The van der Waals surface area contributed by atoms with Gasteiger partial charge in [-0.15, -0.1) is 6.58 Å². The van der Waals surface area contributed by atoms with Crippen LogP contribution in [0.25, 0.3) is 0 Å². The van der Waals surface area contributed by atoms with Gasteiger partial charge in [-0.2, -0.15) is 0 Å². The predicted octanol–water partition coefficient (Wildman–Crippen LogP) is 3.79. The minimum Gasteiger partial charge on any atom is -0.346 e. The molecule has 3 aliphatic carbocycles. The Bertz CT molecular complexity index is 1440. The number of nitrogens with one attached hydrogen (secondary N) is 4. The van der Waals surface area contributed by atoms with E-state index in [2.05, 4.69) is 41.7 Å². The Morgan fingerprint density at radius 1 is 0.940 bits per heavy atom. The number of fused-ring (bicyclic) bond motifs is 1. The molecule has 4 rings (SSSR count). The second-order valence-electron chi connectivity index (χ2n) is 17.2. The largest absolute Gasteiger partial charge is 0.346 e. The Hall–Kier alpha value is -2.96. The fourth-order valence-corrected chi connectivity index (χ4v) is 10.3. The van der Waals surface area contributed by atoms with Gasteiger partial charge >= 0.3 is 6.03 Å². The van der Waals surface area contributed by atoms with Crippen molar-refractivity contribution in [3.63, 3.8) is 0 Å². The van der Waals surface area contributed by atoms with Crippen LogP contribution in [-0.4, -0.2) is 90.1 Å². The van der Waals surface area contributed by atoms with E-state index < -0.39 is 67.3 Å². The van der Waals surface area contributed by atoms with Crippen LogP contribution in [0.5, 0.6) is 0 Å². The van der Waals surface area contributed by atoms with Gasteiger partial charge in [-0.1, -0.05) is 72.3 Å². The number of ketones is 1. The van der Waals surface area contributed by atoms with Gasteiger partial charge in [0.05, 0.1) is 22.1 Å². The number of Topliss-reactive ketones (excluding diaryl/α,β-unsaturated/α-hetero) is 1. The smallest absolute Gasteiger partial charge is 0.315 e. The average molecular weight is 720 g/mol. The fraction of sp³-hybridized carbons (Fsp3) is 0.811. The monoisotopic (exact) mass is 719 g/mol. The zero-order valence-corrected chi connectivity index (χ0v) is 32.1. The molecule has 1 heterocycles. The minimum atomic E-state index is -3.56. The van der Waals surface area contributed by atoms with Crippen LogP contribution in [0.4, 0.5) is 4.79 Å². The molecule has 0 aromatic heterocycles. The van der Waals surface area contributed by atoms with E-state index in [-0.39, 0.29) is 41.9 Å². The van der Waals surface area contributed by atoms with Crippen molar-refractivity contribution in [3.05, 3.63) is 12.7 Å². The molecule has 0 aromatic carbocycles. The summed E-state index contributed by atoms with van der Waals surface area (Å²) in [5, 5.41) is 11.4. The van der Waals surface area contributed by atoms with Gasteiger partial charge in [0.2, 0.25) is 17.6 Å². The lowest BCUT2D eigenvalue weighted by atomic mass is 9.79. The fourth-order valence-electron chi connectivity index (χ4n) is 8.73. The zero-order valence-electron chi connectivity index (χ0n) is 31.3. The molecular weight excluding hydrogens is 659 g/mol. The summed E-state index contributed by atoms with van der Waals surface area (Å²) in [6.45, 7) is 17.0. The molecule has 0 radical (unpaired) electrons. The summed E-state index contributed by atoms with van der Waals surface area (Å²) < 4.78 is 25.8. The van der Waals surface area contributed by atoms with Crippen LogP contribution in [0.2, 0.25) is 0 Å². The van der Waals surface area contributed by atoms with E-state index in [1.807, 2.05) is 13.8 Å². The Labute approximate surface area is 299 Å². The normalized spacial score (nSPS) is 26.1. The Kier molecular flexibility index (Phi) is 11.9. The molecule has 4 fully saturated rings. The summed E-state index contributed by atoms with van der Waals surface area (Å²) in [6, 6.07) is -3.44. The second kappa shape index (κ2) is 14.9. The standard InChI is InChI=1S/C37H61N5O7S/c1-9-16-25(28(43)31(45)38-21-10-2)39-30(44)27-26-24(35(26,6)7)22-42(27)32(46)29(36(8)17-14-15-18-36)40-33(47)41-37(19-12-11-13-20-37)23-50(48,49)34(3,4)5/h10,24-27,29H,2,9,11-23H2,1,3-8H3,(H,38,45)(H,39,44)(H2,40,41,47)/t24-,25?,26-,27-,29+/m0/s1. The number of urea groups is 1. The van der Waals surface area contributed by atoms with E-state index in [0.29, 0.717) is 38.6 Å². The highest BCUT2D eigenvalue weighted by molar-refractivity contribution is 7.92. The molecule has 50 heavy (non-hydrogen) atoms. The Morgan fingerprint density at radius 2 is 1.54 bits per heavy atom. The van der Waals surface area contributed by atoms with E-state index >= 15 is 0 Å². The molecular formula is C37H61N5O7S. The molecule has 1 aliphatic heterocycles. The van der Waals surface area contributed by atoms with Gasteiger partial charge in [-0.05, 0) is 75.5 Å². The van der Waals surface area contributed by atoms with Gasteiger partial charge in [-0.3, -0.25) is 19.2 Å². The number of amides is 5. The number of nitrogens with zero attached hydrogens (tertiary/aromatic N) is 1. The highest BCUT2D eigenvalue weighted by Crippen LogP contribution is 2.65. The lowest BCUT2D eigenvalue weighted by Gasteiger charge is -2.42. The topological polar surface area (TPSA) is 171 Å². The van der Waals surface area contributed by atoms with Gasteiger partial charge in [0.1, 0.15) is 12.1 Å². The van der Waals surface area contributed by atoms with Crippen molar-refractivity contribution in [2.45, 2.75) is 148 Å². The summed E-state index contributed by atoms with van der Waals surface area (Å²) in [7, 11) is -3.56. The predicted molar refractivity (Wildman–Crippen MR) is 193 cm³/mol. The molecule has 282 valence electrons. The average Bonchev–Trinajstić information content (AvgIpc) is 3.39. The number of hydrogen-bond acceptors (Lipinski definition) is 7. The number of hydrogen-bond donors (Lipinski definition) is 4. The molecule has 0 bridgehead atoms. The number of rotatable bonds is 14. The van der Waals surface area contributed by atoms with Gasteiger partial charge < -0.3 is 26.2 Å². The lowest BCUT2D eigenvalue weighted by molar-refractivity contribution is -0.145. The minimum absolute atomic E-state index is 0.0670. The summed E-state index contributed by atoms with van der Waals surface area (Å²) >= 11 is 0. The molecule has 1 unspecified atom stereocenters. The third-order valence-electron chi connectivity index (χ3n) is 12.2. The van der Waals surface area contributed by atoms with Crippen LogP contribution in [0, 0.1) is 22.7 Å². The van der Waals surface area contributed by atoms with Gasteiger partial charge in [0.15, 0.2) is 9.84 Å². The van der Waals surface area contributed by atoms with Crippen LogP contribution in [0.1, 0.15) is 119 Å². The molecule has 3 saturated carbocycles. The first-order valence-electron chi connectivity index (χ1n) is 18.6. The highest BCUT2D eigenvalue weighted by atomic mass is 32.2. The second-order valence-corrected chi connectivity index (χ2v) is 19.9. The number of carbonyl (C=O) groups is 5. The van der Waals surface area contributed by atoms with Crippen molar-refractivity contribution in [1.82, 2.24) is 26.2 Å². The molecule has 13 heteroatoms. The van der Waals surface area contributed by atoms with Gasteiger partial charge in [-0.25, -0.2) is 13.2 Å². The maximum absolute atomic E-state index is 14.7. The molecule has 12 nitrogen and oxygen atoms in total. The summed E-state index contributed by atoms with van der Waals surface area (Å²) in [5.74, 6) is -2.63. The van der Waals surface area contributed by atoms with Crippen LogP contribution < -0.4 is 21.3 Å². The molecule has 0 spiro atoms. The van der Waals surface area contributed by atoms with E-state index in [1.54, 1.807) is 25.7 Å². The molecule has 1 saturated heterocycles. The SMILES string of the molecule is C=CCNC(=O)C(=O)C(CCC)NC(=O)[C@@H]1[C@@H]2[C@H](CN1C(=O)[C@@H](NC(=O)NC1(CS(=O)(=O)C(C)(C)C)CCCCC1)C1(C)CCCC1)C2(C)C. The molecule has 4 N–H and O–H groups in total. The van der Waals surface area contributed by atoms with Gasteiger partial charge in [0.25, 0.3) is 5.91 Å². The van der Waals surface area contributed by atoms with Crippen LogP contribution in [0.3, 0.4) is 0 Å². The van der Waals surface area contributed by atoms with Crippen molar-refractivity contribution in [1.29, 1.82) is 0 Å². The maximum Gasteiger partial charge on any atom is 0.315 e. The highest BCUT2D eigenvalue weighted by Gasteiger charge is 2.70. The molecule has 5 atom stereocenters. The van der Waals surface area contributed by atoms with E-state index in [4.69, 9.17) is 0 Å². The lowest BCUT2D eigenvalue weighted by Crippen LogP contribution is -2.64. The molecule has 0 aromatic rings. The first-order valence-corrected chi connectivity index (χ1v) is 20.2. The van der Waals surface area contributed by atoms with Crippen LogP contribution >= 0.6 is 0 Å². The van der Waals surface area contributed by atoms with Crippen LogP contribution in [-0.2, 0) is 29.0 Å². The number of likely N-dealkylation sites (tertiary alicyclic amines) is 1. The Balaban J connectivity index is 1.59. The third kappa shape index (κ3) is 8.23. The summed E-state index contributed by atoms with van der Waals surface area (Å²) in [6.07, 6.45) is 9.10.